The van der Waals surface area contributed by atoms with Crippen LogP contribution in [0.1, 0.15) is 6.92 Å². The van der Waals surface area contributed by atoms with Gasteiger partial charge in [-0.05, 0) is 54.8 Å². The molecule has 0 aliphatic rings. The molecule has 4 rings (SSSR count). The Kier molecular flexibility index (Phi) is 5.54. The Morgan fingerprint density at radius 1 is 1.18 bits per heavy atom. The number of ether oxygens (including phenoxy) is 1. The molecule has 28 heavy (non-hydrogen) atoms. The fourth-order valence-corrected chi connectivity index (χ4v) is 3.89. The average Bonchev–Trinajstić information content (AvgIpc) is 3.37. The van der Waals surface area contributed by atoms with Gasteiger partial charge in [-0.1, -0.05) is 17.8 Å². The molecule has 0 unspecified atom stereocenters. The fourth-order valence-electron chi connectivity index (χ4n) is 2.55. The van der Waals surface area contributed by atoms with Gasteiger partial charge in [0.15, 0.2) is 11.5 Å². The highest BCUT2D eigenvalue weighted by atomic mass is 32.2. The topological polar surface area (TPSA) is 81.4 Å². The molecule has 0 atom stereocenters. The molecule has 9 heteroatoms. The monoisotopic (exact) mass is 411 g/mol. The van der Waals surface area contributed by atoms with Crippen molar-refractivity contribution in [1.82, 2.24) is 19.8 Å². The van der Waals surface area contributed by atoms with E-state index in [1.165, 1.54) is 11.8 Å². The van der Waals surface area contributed by atoms with Crippen molar-refractivity contribution >= 4 is 40.3 Å². The summed E-state index contributed by atoms with van der Waals surface area (Å²) in [4.78, 5) is 13.2. The predicted octanol–water partition coefficient (Wildman–Crippen LogP) is 3.98. The average molecular weight is 412 g/mol. The van der Waals surface area contributed by atoms with Crippen molar-refractivity contribution in [2.75, 3.05) is 17.7 Å². The number of benzene rings is 1. The zero-order valence-corrected chi connectivity index (χ0v) is 16.7. The van der Waals surface area contributed by atoms with E-state index in [0.29, 0.717) is 18.1 Å². The maximum atomic E-state index is 12.2. The van der Waals surface area contributed by atoms with Crippen molar-refractivity contribution in [1.29, 1.82) is 0 Å². The Balaban J connectivity index is 1.41. The van der Waals surface area contributed by atoms with Gasteiger partial charge in [-0.2, -0.15) is 9.61 Å². The molecule has 1 aromatic carbocycles. The number of anilines is 1. The van der Waals surface area contributed by atoms with E-state index in [-0.39, 0.29) is 11.7 Å². The van der Waals surface area contributed by atoms with Crippen LogP contribution in [0.15, 0.2) is 58.9 Å². The first-order chi connectivity index (χ1) is 13.7. The van der Waals surface area contributed by atoms with Crippen molar-refractivity contribution in [2.45, 2.75) is 11.9 Å². The summed E-state index contributed by atoms with van der Waals surface area (Å²) in [5, 5.41) is 18.5. The third-order valence-electron chi connectivity index (χ3n) is 3.78. The van der Waals surface area contributed by atoms with Gasteiger partial charge in [0.25, 0.3) is 0 Å². The number of carbonyl (C=O) groups is 1. The second kappa shape index (κ2) is 8.41. The van der Waals surface area contributed by atoms with Crippen LogP contribution < -0.4 is 10.1 Å². The molecular weight excluding hydrogens is 394 g/mol. The second-order valence-corrected chi connectivity index (χ2v) is 7.68. The molecule has 0 aliphatic heterocycles. The van der Waals surface area contributed by atoms with E-state index in [1.54, 1.807) is 15.9 Å². The third-order valence-corrected chi connectivity index (χ3v) is 5.57. The minimum Gasteiger partial charge on any atom is -0.494 e. The quantitative estimate of drug-likeness (QED) is 0.463. The SMILES string of the molecule is CCOc1ccc(NC(=O)CSc2ccc3nnc(-c4cccs4)n3n2)cc1. The highest BCUT2D eigenvalue weighted by molar-refractivity contribution is 7.99. The maximum Gasteiger partial charge on any atom is 0.234 e. The molecule has 3 aromatic heterocycles. The molecule has 7 nitrogen and oxygen atoms in total. The zero-order chi connectivity index (χ0) is 19.3. The number of fused-ring (bicyclic) bond motifs is 1. The standard InChI is InChI=1S/C19H17N5O2S2/c1-2-26-14-7-5-13(6-8-14)20-17(25)12-28-18-10-9-16-21-22-19(24(16)23-18)15-4-3-11-27-15/h3-11H,2,12H2,1H3,(H,20,25). The molecular formula is C19H17N5O2S2. The van der Waals surface area contributed by atoms with Crippen LogP contribution >= 0.6 is 23.1 Å². The Labute approximate surface area is 169 Å². The Morgan fingerprint density at radius 2 is 2.04 bits per heavy atom. The van der Waals surface area contributed by atoms with Gasteiger partial charge in [0.1, 0.15) is 10.8 Å². The van der Waals surface area contributed by atoms with Gasteiger partial charge in [-0.15, -0.1) is 21.5 Å². The van der Waals surface area contributed by atoms with Gasteiger partial charge >= 0.3 is 0 Å². The number of aromatic nitrogens is 4. The fraction of sp³-hybridized carbons (Fsp3) is 0.158. The maximum absolute atomic E-state index is 12.2. The first kappa shape index (κ1) is 18.5. The lowest BCUT2D eigenvalue weighted by molar-refractivity contribution is -0.113. The predicted molar refractivity (Wildman–Crippen MR) is 111 cm³/mol. The van der Waals surface area contributed by atoms with Gasteiger partial charge in [0, 0.05) is 5.69 Å². The molecule has 1 amide bonds. The van der Waals surface area contributed by atoms with Crippen LogP contribution in [-0.4, -0.2) is 38.1 Å². The van der Waals surface area contributed by atoms with E-state index in [0.717, 1.165) is 21.3 Å². The lowest BCUT2D eigenvalue weighted by Crippen LogP contribution is -2.14. The van der Waals surface area contributed by atoms with Crippen molar-refractivity contribution in [2.24, 2.45) is 0 Å². The molecule has 3 heterocycles. The number of amides is 1. The summed E-state index contributed by atoms with van der Waals surface area (Å²) in [6.07, 6.45) is 0. The molecule has 0 aliphatic carbocycles. The van der Waals surface area contributed by atoms with E-state index < -0.39 is 0 Å². The normalized spacial score (nSPS) is 10.9. The first-order valence-electron chi connectivity index (χ1n) is 8.65. The Hall–Kier alpha value is -2.91. The number of nitrogens with one attached hydrogen (secondary N) is 1. The first-order valence-corrected chi connectivity index (χ1v) is 10.5. The number of thiophene rings is 1. The number of thioether (sulfide) groups is 1. The summed E-state index contributed by atoms with van der Waals surface area (Å²) in [5.74, 6) is 1.63. The van der Waals surface area contributed by atoms with Crippen LogP contribution in [0.25, 0.3) is 16.3 Å². The summed E-state index contributed by atoms with van der Waals surface area (Å²) < 4.78 is 7.11. The van der Waals surface area contributed by atoms with Crippen molar-refractivity contribution in [3.8, 4) is 16.5 Å². The minimum absolute atomic E-state index is 0.0988. The molecule has 0 saturated carbocycles. The van der Waals surface area contributed by atoms with Crippen molar-refractivity contribution in [3.05, 3.63) is 53.9 Å². The lowest BCUT2D eigenvalue weighted by Gasteiger charge is -2.07. The third kappa shape index (κ3) is 4.15. The highest BCUT2D eigenvalue weighted by Gasteiger charge is 2.12. The number of rotatable bonds is 7. The number of hydrogen-bond acceptors (Lipinski definition) is 7. The largest absolute Gasteiger partial charge is 0.494 e. The molecule has 142 valence electrons. The van der Waals surface area contributed by atoms with Gasteiger partial charge < -0.3 is 10.1 Å². The van der Waals surface area contributed by atoms with Crippen molar-refractivity contribution in [3.63, 3.8) is 0 Å². The summed E-state index contributed by atoms with van der Waals surface area (Å²) in [7, 11) is 0. The molecule has 0 spiro atoms. The summed E-state index contributed by atoms with van der Waals surface area (Å²) in [5.41, 5.74) is 1.41. The smallest absolute Gasteiger partial charge is 0.234 e. The van der Waals surface area contributed by atoms with E-state index >= 15 is 0 Å². The summed E-state index contributed by atoms with van der Waals surface area (Å²) in [6.45, 7) is 2.54. The minimum atomic E-state index is -0.0988. The molecule has 0 radical (unpaired) electrons. The molecule has 4 aromatic rings. The van der Waals surface area contributed by atoms with Gasteiger partial charge in [-0.3, -0.25) is 4.79 Å². The van der Waals surface area contributed by atoms with Crippen molar-refractivity contribution < 1.29 is 9.53 Å². The van der Waals surface area contributed by atoms with E-state index in [2.05, 4.69) is 20.6 Å². The molecule has 0 fully saturated rings. The van der Waals surface area contributed by atoms with E-state index in [4.69, 9.17) is 4.74 Å². The zero-order valence-electron chi connectivity index (χ0n) is 15.0. The van der Waals surface area contributed by atoms with Crippen LogP contribution in [0.3, 0.4) is 0 Å². The van der Waals surface area contributed by atoms with Crippen LogP contribution in [0.2, 0.25) is 0 Å². The summed E-state index contributed by atoms with van der Waals surface area (Å²) in [6, 6.07) is 14.9. The van der Waals surface area contributed by atoms with Crippen LogP contribution in [0.5, 0.6) is 5.75 Å². The van der Waals surface area contributed by atoms with E-state index in [1.807, 2.05) is 60.8 Å². The van der Waals surface area contributed by atoms with Crippen LogP contribution in [-0.2, 0) is 4.79 Å². The number of nitrogens with zero attached hydrogens (tertiary/aromatic N) is 4. The highest BCUT2D eigenvalue weighted by Crippen LogP contribution is 2.24. The van der Waals surface area contributed by atoms with Gasteiger partial charge in [0.05, 0.1) is 17.2 Å². The van der Waals surface area contributed by atoms with Gasteiger partial charge in [0.2, 0.25) is 5.91 Å². The lowest BCUT2D eigenvalue weighted by atomic mass is 10.3. The van der Waals surface area contributed by atoms with Crippen LogP contribution in [0, 0.1) is 0 Å². The number of hydrogen-bond donors (Lipinski definition) is 1. The molecule has 0 saturated heterocycles. The Morgan fingerprint density at radius 3 is 2.79 bits per heavy atom. The summed E-state index contributed by atoms with van der Waals surface area (Å²) >= 11 is 2.94. The second-order valence-electron chi connectivity index (χ2n) is 5.74. The molecule has 0 bridgehead atoms. The van der Waals surface area contributed by atoms with E-state index in [9.17, 15) is 4.79 Å². The number of carbonyl (C=O) groups excluding carboxylic acids is 1. The Bertz CT molecular complexity index is 1080. The van der Waals surface area contributed by atoms with Gasteiger partial charge in [-0.25, -0.2) is 0 Å². The molecule has 1 N–H and O–H groups in total. The van der Waals surface area contributed by atoms with Crippen LogP contribution in [0.4, 0.5) is 5.69 Å².